The van der Waals surface area contributed by atoms with Crippen LogP contribution in [0.3, 0.4) is 0 Å². The van der Waals surface area contributed by atoms with Crippen LogP contribution in [0.2, 0.25) is 0 Å². The molecule has 1 N–H and O–H groups in total. The van der Waals surface area contributed by atoms with Crippen molar-refractivity contribution in [2.45, 2.75) is 45.1 Å². The van der Waals surface area contributed by atoms with Gasteiger partial charge in [0.1, 0.15) is 0 Å². The molecular formula is C14H22O3S. The smallest absolute Gasteiger partial charge is 0.181 e. The highest BCUT2D eigenvalue weighted by Gasteiger charge is 2.24. The third-order valence-electron chi connectivity index (χ3n) is 3.36. The second kappa shape index (κ2) is 5.85. The molecule has 2 unspecified atom stereocenters. The molecule has 0 spiro atoms. The first-order valence-electron chi connectivity index (χ1n) is 6.26. The van der Waals surface area contributed by atoms with Crippen molar-refractivity contribution in [3.05, 3.63) is 29.3 Å². The number of aliphatic hydroxyl groups excluding tert-OH is 1. The van der Waals surface area contributed by atoms with Crippen molar-refractivity contribution in [2.24, 2.45) is 5.92 Å². The molecule has 0 fully saturated rings. The summed E-state index contributed by atoms with van der Waals surface area (Å²) in [5, 5.41) is 9.88. The predicted octanol–water partition coefficient (Wildman–Crippen LogP) is 2.48. The molecule has 1 aromatic rings. The molecule has 0 aromatic heterocycles. The number of aryl methyl sites for hydroxylation is 2. The van der Waals surface area contributed by atoms with Gasteiger partial charge < -0.3 is 5.11 Å². The summed E-state index contributed by atoms with van der Waals surface area (Å²) in [6.45, 7) is 7.52. The van der Waals surface area contributed by atoms with Gasteiger partial charge in [0, 0.05) is 0 Å². The zero-order valence-corrected chi connectivity index (χ0v) is 12.3. The van der Waals surface area contributed by atoms with E-state index in [-0.39, 0.29) is 11.7 Å². The van der Waals surface area contributed by atoms with Crippen LogP contribution in [0.25, 0.3) is 0 Å². The molecule has 102 valence electrons. The summed E-state index contributed by atoms with van der Waals surface area (Å²) in [5.41, 5.74) is 1.78. The van der Waals surface area contributed by atoms with Crippen LogP contribution in [-0.4, -0.2) is 25.4 Å². The Morgan fingerprint density at radius 3 is 2.39 bits per heavy atom. The monoisotopic (exact) mass is 270 g/mol. The average Bonchev–Trinajstić information content (AvgIpc) is 2.26. The number of benzene rings is 1. The van der Waals surface area contributed by atoms with E-state index in [0.29, 0.717) is 4.90 Å². The van der Waals surface area contributed by atoms with Crippen LogP contribution in [0.15, 0.2) is 23.1 Å². The Labute approximate surface area is 110 Å². The van der Waals surface area contributed by atoms with E-state index in [1.54, 1.807) is 19.1 Å². The zero-order chi connectivity index (χ0) is 13.9. The highest BCUT2D eigenvalue weighted by Crippen LogP contribution is 2.20. The van der Waals surface area contributed by atoms with Crippen molar-refractivity contribution in [2.75, 3.05) is 5.75 Å². The summed E-state index contributed by atoms with van der Waals surface area (Å²) in [6, 6.07) is 5.27. The normalized spacial score (nSPS) is 15.4. The van der Waals surface area contributed by atoms with Crippen molar-refractivity contribution in [3.63, 3.8) is 0 Å². The van der Waals surface area contributed by atoms with Crippen LogP contribution in [0, 0.1) is 19.8 Å². The molecule has 0 aliphatic rings. The Morgan fingerprint density at radius 1 is 1.28 bits per heavy atom. The summed E-state index contributed by atoms with van der Waals surface area (Å²) in [4.78, 5) is 0.329. The first-order chi connectivity index (χ1) is 8.27. The predicted molar refractivity (Wildman–Crippen MR) is 73.4 cm³/mol. The van der Waals surface area contributed by atoms with E-state index in [1.165, 1.54) is 0 Å². The maximum Gasteiger partial charge on any atom is 0.181 e. The fourth-order valence-corrected chi connectivity index (χ4v) is 3.68. The van der Waals surface area contributed by atoms with Gasteiger partial charge in [0.05, 0.1) is 16.8 Å². The van der Waals surface area contributed by atoms with Crippen LogP contribution < -0.4 is 0 Å². The Balaban J connectivity index is 3.00. The number of rotatable bonds is 5. The van der Waals surface area contributed by atoms with Gasteiger partial charge in [-0.15, -0.1) is 0 Å². The molecule has 0 bridgehead atoms. The van der Waals surface area contributed by atoms with Crippen molar-refractivity contribution in [3.8, 4) is 0 Å². The summed E-state index contributed by atoms with van der Waals surface area (Å²) in [7, 11) is -3.41. The van der Waals surface area contributed by atoms with Gasteiger partial charge in [-0.25, -0.2) is 8.42 Å². The van der Waals surface area contributed by atoms with Crippen molar-refractivity contribution in [1.29, 1.82) is 0 Å². The second-order valence-corrected chi connectivity index (χ2v) is 7.01. The first kappa shape index (κ1) is 15.2. The minimum atomic E-state index is -3.41. The molecule has 2 atom stereocenters. The SMILES string of the molecule is CCC(C)C(O)CS(=O)(=O)c1ccc(C)cc1C. The average molecular weight is 270 g/mol. The van der Waals surface area contributed by atoms with E-state index in [1.807, 2.05) is 26.8 Å². The van der Waals surface area contributed by atoms with Crippen LogP contribution in [-0.2, 0) is 9.84 Å². The van der Waals surface area contributed by atoms with Gasteiger partial charge in [-0.2, -0.15) is 0 Å². The molecule has 0 radical (unpaired) electrons. The molecule has 3 nitrogen and oxygen atoms in total. The molecule has 4 heteroatoms. The number of hydrogen-bond acceptors (Lipinski definition) is 3. The molecule has 0 aliphatic heterocycles. The highest BCUT2D eigenvalue weighted by molar-refractivity contribution is 7.91. The highest BCUT2D eigenvalue weighted by atomic mass is 32.2. The fraction of sp³-hybridized carbons (Fsp3) is 0.571. The third kappa shape index (κ3) is 3.56. The molecular weight excluding hydrogens is 248 g/mol. The molecule has 0 saturated heterocycles. The fourth-order valence-electron chi connectivity index (χ4n) is 1.90. The number of sulfone groups is 1. The maximum atomic E-state index is 12.2. The quantitative estimate of drug-likeness (QED) is 0.894. The largest absolute Gasteiger partial charge is 0.392 e. The Bertz CT molecular complexity index is 506. The van der Waals surface area contributed by atoms with E-state index < -0.39 is 15.9 Å². The molecule has 1 aromatic carbocycles. The number of aliphatic hydroxyl groups is 1. The molecule has 0 saturated carbocycles. The van der Waals surface area contributed by atoms with Gasteiger partial charge in [-0.1, -0.05) is 38.0 Å². The van der Waals surface area contributed by atoms with Gasteiger partial charge in [-0.05, 0) is 31.4 Å². The molecule has 0 heterocycles. The minimum absolute atomic E-state index is 0.00877. The molecule has 0 amide bonds. The second-order valence-electron chi connectivity index (χ2n) is 5.00. The zero-order valence-electron chi connectivity index (χ0n) is 11.5. The standard InChI is InChI=1S/C14H22O3S/c1-5-11(3)13(15)9-18(16,17)14-7-6-10(2)8-12(14)4/h6-8,11,13,15H,5,9H2,1-4H3. The van der Waals surface area contributed by atoms with Gasteiger partial charge in [-0.3, -0.25) is 0 Å². The lowest BCUT2D eigenvalue weighted by atomic mass is 10.0. The van der Waals surface area contributed by atoms with Gasteiger partial charge in [0.15, 0.2) is 9.84 Å². The summed E-state index contributed by atoms with van der Waals surface area (Å²) in [5.74, 6) is -0.211. The maximum absolute atomic E-state index is 12.2. The van der Waals surface area contributed by atoms with Crippen LogP contribution >= 0.6 is 0 Å². The van der Waals surface area contributed by atoms with E-state index in [2.05, 4.69) is 0 Å². The molecule has 0 aliphatic carbocycles. The number of hydrogen-bond donors (Lipinski definition) is 1. The third-order valence-corrected chi connectivity index (χ3v) is 5.27. The Morgan fingerprint density at radius 2 is 1.89 bits per heavy atom. The van der Waals surface area contributed by atoms with Crippen LogP contribution in [0.4, 0.5) is 0 Å². The lowest BCUT2D eigenvalue weighted by Gasteiger charge is -2.18. The minimum Gasteiger partial charge on any atom is -0.392 e. The van der Waals surface area contributed by atoms with E-state index in [0.717, 1.165) is 17.5 Å². The van der Waals surface area contributed by atoms with Gasteiger partial charge in [0.25, 0.3) is 0 Å². The summed E-state index contributed by atoms with van der Waals surface area (Å²) >= 11 is 0. The van der Waals surface area contributed by atoms with E-state index >= 15 is 0 Å². The molecule has 1 rings (SSSR count). The summed E-state index contributed by atoms with van der Waals surface area (Å²) < 4.78 is 24.5. The van der Waals surface area contributed by atoms with Crippen molar-refractivity contribution in [1.82, 2.24) is 0 Å². The Hall–Kier alpha value is -0.870. The van der Waals surface area contributed by atoms with E-state index in [4.69, 9.17) is 0 Å². The lowest BCUT2D eigenvalue weighted by Crippen LogP contribution is -2.27. The van der Waals surface area contributed by atoms with E-state index in [9.17, 15) is 13.5 Å². The van der Waals surface area contributed by atoms with Crippen molar-refractivity contribution >= 4 is 9.84 Å². The first-order valence-corrected chi connectivity index (χ1v) is 7.91. The topological polar surface area (TPSA) is 54.4 Å². The van der Waals surface area contributed by atoms with Crippen molar-refractivity contribution < 1.29 is 13.5 Å². The van der Waals surface area contributed by atoms with Crippen LogP contribution in [0.5, 0.6) is 0 Å². The summed E-state index contributed by atoms with van der Waals surface area (Å²) in [6.07, 6.45) is -0.0375. The van der Waals surface area contributed by atoms with Gasteiger partial charge in [0.2, 0.25) is 0 Å². The Kier molecular flexibility index (Phi) is 4.93. The molecule has 18 heavy (non-hydrogen) atoms. The lowest BCUT2D eigenvalue weighted by molar-refractivity contribution is 0.135. The van der Waals surface area contributed by atoms with Gasteiger partial charge >= 0.3 is 0 Å². The van der Waals surface area contributed by atoms with Crippen LogP contribution in [0.1, 0.15) is 31.4 Å².